The number of hydrogen-bond donors (Lipinski definition) is 2. The lowest BCUT2D eigenvalue weighted by Gasteiger charge is -2.24. The minimum absolute atomic E-state index is 0.200. The van der Waals surface area contributed by atoms with Crippen molar-refractivity contribution in [3.63, 3.8) is 0 Å². The number of nitrogens with two attached hydrogens (primary N) is 1. The summed E-state index contributed by atoms with van der Waals surface area (Å²) in [4.78, 5) is 4.48. The van der Waals surface area contributed by atoms with Crippen molar-refractivity contribution in [2.24, 2.45) is 0 Å². The molecule has 5 heteroatoms. The largest absolute Gasteiger partial charge is 0.399 e. The summed E-state index contributed by atoms with van der Waals surface area (Å²) in [5.74, 6) is 0. The van der Waals surface area contributed by atoms with E-state index in [9.17, 15) is 5.26 Å². The van der Waals surface area contributed by atoms with Crippen molar-refractivity contribution >= 4 is 11.4 Å². The lowest BCUT2D eigenvalue weighted by atomic mass is 10.1. The molecule has 102 valence electrons. The number of hydrogen-bond acceptors (Lipinski definition) is 5. The van der Waals surface area contributed by atoms with Crippen LogP contribution in [0.25, 0.3) is 0 Å². The topological polar surface area (TPSA) is 76.5 Å². The molecule has 0 spiro atoms. The number of nitrogens with zero attached hydrogens (tertiary/aromatic N) is 3. The number of β-amino-alcohol motifs (C(OH)–C–C–N with tert-alkyl or cyclic N) is 1. The van der Waals surface area contributed by atoms with Crippen LogP contribution in [0.5, 0.6) is 0 Å². The second-order valence-corrected chi connectivity index (χ2v) is 4.79. The average molecular weight is 260 g/mol. The summed E-state index contributed by atoms with van der Waals surface area (Å²) >= 11 is 0. The zero-order valence-corrected chi connectivity index (χ0v) is 11.0. The standard InChI is InChI=1S/C14H20N4O/c15-11-12-10-13(16)2-3-14(12)18-5-1-4-17(6-7-18)8-9-19/h2-3,10,19H,1,4-9,16H2. The minimum Gasteiger partial charge on any atom is -0.399 e. The highest BCUT2D eigenvalue weighted by Gasteiger charge is 2.17. The first kappa shape index (κ1) is 13.7. The maximum absolute atomic E-state index is 9.20. The monoisotopic (exact) mass is 260 g/mol. The Balaban J connectivity index is 2.12. The van der Waals surface area contributed by atoms with E-state index >= 15 is 0 Å². The SMILES string of the molecule is N#Cc1cc(N)ccc1N1CCCN(CCO)CC1. The van der Waals surface area contributed by atoms with E-state index in [1.807, 2.05) is 12.1 Å². The predicted octanol–water partition coefficient (Wildman–Crippen LogP) is 0.645. The lowest BCUT2D eigenvalue weighted by molar-refractivity contribution is 0.204. The second kappa shape index (κ2) is 6.41. The normalized spacial score (nSPS) is 16.9. The maximum Gasteiger partial charge on any atom is 0.101 e. The van der Waals surface area contributed by atoms with Gasteiger partial charge in [-0.05, 0) is 31.2 Å². The van der Waals surface area contributed by atoms with Crippen molar-refractivity contribution < 1.29 is 5.11 Å². The number of aliphatic hydroxyl groups is 1. The first-order valence-corrected chi connectivity index (χ1v) is 6.62. The van der Waals surface area contributed by atoms with Crippen molar-refractivity contribution in [2.75, 3.05) is 50.0 Å². The Bertz CT molecular complexity index is 469. The molecule has 0 aliphatic carbocycles. The van der Waals surface area contributed by atoms with Gasteiger partial charge in [0, 0.05) is 31.9 Å². The quantitative estimate of drug-likeness (QED) is 0.780. The molecule has 5 nitrogen and oxygen atoms in total. The molecule has 0 aromatic heterocycles. The van der Waals surface area contributed by atoms with E-state index in [-0.39, 0.29) is 6.61 Å². The van der Waals surface area contributed by atoms with E-state index in [0.29, 0.717) is 11.3 Å². The van der Waals surface area contributed by atoms with E-state index in [2.05, 4.69) is 15.9 Å². The Kier molecular flexibility index (Phi) is 4.61. The molecule has 1 fully saturated rings. The minimum atomic E-state index is 0.200. The third-order valence-corrected chi connectivity index (χ3v) is 3.49. The average Bonchev–Trinajstić information content (AvgIpc) is 2.65. The van der Waals surface area contributed by atoms with Gasteiger partial charge in [0.1, 0.15) is 6.07 Å². The number of nitriles is 1. The van der Waals surface area contributed by atoms with Crippen LogP contribution in [0.1, 0.15) is 12.0 Å². The molecule has 0 radical (unpaired) electrons. The molecule has 19 heavy (non-hydrogen) atoms. The van der Waals surface area contributed by atoms with E-state index < -0.39 is 0 Å². The molecular formula is C14H20N4O. The molecule has 1 aliphatic rings. The Morgan fingerprint density at radius 1 is 1.26 bits per heavy atom. The van der Waals surface area contributed by atoms with Crippen LogP contribution < -0.4 is 10.6 Å². The first-order valence-electron chi connectivity index (χ1n) is 6.62. The first-order chi connectivity index (χ1) is 9.24. The molecule has 0 amide bonds. The van der Waals surface area contributed by atoms with Crippen LogP contribution in [-0.2, 0) is 0 Å². The van der Waals surface area contributed by atoms with Crippen LogP contribution in [0.4, 0.5) is 11.4 Å². The van der Waals surface area contributed by atoms with Crippen molar-refractivity contribution in [1.29, 1.82) is 5.26 Å². The molecular weight excluding hydrogens is 240 g/mol. The summed E-state index contributed by atoms with van der Waals surface area (Å²) in [5, 5.41) is 18.2. The lowest BCUT2D eigenvalue weighted by Crippen LogP contribution is -2.32. The van der Waals surface area contributed by atoms with Gasteiger partial charge in [-0.1, -0.05) is 0 Å². The van der Waals surface area contributed by atoms with Crippen molar-refractivity contribution in [3.05, 3.63) is 23.8 Å². The highest BCUT2D eigenvalue weighted by Crippen LogP contribution is 2.23. The van der Waals surface area contributed by atoms with E-state index in [4.69, 9.17) is 10.8 Å². The van der Waals surface area contributed by atoms with Gasteiger partial charge in [-0.2, -0.15) is 5.26 Å². The van der Waals surface area contributed by atoms with Gasteiger partial charge in [0.05, 0.1) is 17.9 Å². The van der Waals surface area contributed by atoms with Crippen LogP contribution in [0, 0.1) is 11.3 Å². The molecule has 2 rings (SSSR count). The van der Waals surface area contributed by atoms with Gasteiger partial charge in [-0.3, -0.25) is 4.90 Å². The van der Waals surface area contributed by atoms with Crippen LogP contribution in [0.2, 0.25) is 0 Å². The van der Waals surface area contributed by atoms with Gasteiger partial charge >= 0.3 is 0 Å². The highest BCUT2D eigenvalue weighted by atomic mass is 16.3. The summed E-state index contributed by atoms with van der Waals surface area (Å²) in [6.07, 6.45) is 1.04. The number of rotatable bonds is 3. The zero-order chi connectivity index (χ0) is 13.7. The summed E-state index contributed by atoms with van der Waals surface area (Å²) in [6.45, 7) is 4.63. The molecule has 1 heterocycles. The van der Waals surface area contributed by atoms with Gasteiger partial charge in [0.15, 0.2) is 0 Å². The van der Waals surface area contributed by atoms with Crippen LogP contribution in [0.15, 0.2) is 18.2 Å². The van der Waals surface area contributed by atoms with Gasteiger partial charge in [0.25, 0.3) is 0 Å². The molecule has 0 atom stereocenters. The van der Waals surface area contributed by atoms with Crippen molar-refractivity contribution in [2.45, 2.75) is 6.42 Å². The molecule has 0 bridgehead atoms. The van der Waals surface area contributed by atoms with Crippen LogP contribution >= 0.6 is 0 Å². The second-order valence-electron chi connectivity index (χ2n) is 4.79. The number of nitrogen functional groups attached to an aromatic ring is 1. The Morgan fingerprint density at radius 2 is 2.11 bits per heavy atom. The molecule has 0 unspecified atom stereocenters. The summed E-state index contributed by atoms with van der Waals surface area (Å²) in [7, 11) is 0. The summed E-state index contributed by atoms with van der Waals surface area (Å²) < 4.78 is 0. The Morgan fingerprint density at radius 3 is 2.84 bits per heavy atom. The summed E-state index contributed by atoms with van der Waals surface area (Å²) in [6, 6.07) is 7.71. The van der Waals surface area contributed by atoms with Gasteiger partial charge < -0.3 is 15.7 Å². The Hall–Kier alpha value is -1.77. The summed E-state index contributed by atoms with van der Waals surface area (Å²) in [5.41, 5.74) is 7.94. The number of aliphatic hydroxyl groups excluding tert-OH is 1. The molecule has 1 aromatic carbocycles. The third kappa shape index (κ3) is 3.37. The van der Waals surface area contributed by atoms with Gasteiger partial charge in [-0.15, -0.1) is 0 Å². The van der Waals surface area contributed by atoms with Crippen molar-refractivity contribution in [1.82, 2.24) is 4.90 Å². The van der Waals surface area contributed by atoms with E-state index in [1.165, 1.54) is 0 Å². The molecule has 3 N–H and O–H groups in total. The van der Waals surface area contributed by atoms with E-state index in [0.717, 1.165) is 44.8 Å². The molecule has 1 aliphatic heterocycles. The fourth-order valence-corrected chi connectivity index (χ4v) is 2.50. The smallest absolute Gasteiger partial charge is 0.101 e. The fourth-order valence-electron chi connectivity index (χ4n) is 2.50. The van der Waals surface area contributed by atoms with Crippen LogP contribution in [0.3, 0.4) is 0 Å². The van der Waals surface area contributed by atoms with E-state index in [1.54, 1.807) is 6.07 Å². The highest BCUT2D eigenvalue weighted by molar-refractivity contribution is 5.64. The predicted molar refractivity (Wildman–Crippen MR) is 75.9 cm³/mol. The van der Waals surface area contributed by atoms with Gasteiger partial charge in [0.2, 0.25) is 0 Å². The van der Waals surface area contributed by atoms with Gasteiger partial charge in [-0.25, -0.2) is 0 Å². The Labute approximate surface area is 113 Å². The number of anilines is 2. The fraction of sp³-hybridized carbons (Fsp3) is 0.500. The maximum atomic E-state index is 9.20. The van der Waals surface area contributed by atoms with Crippen LogP contribution in [-0.4, -0.2) is 49.3 Å². The molecule has 1 aromatic rings. The molecule has 1 saturated heterocycles. The molecule has 0 saturated carbocycles. The number of benzene rings is 1. The zero-order valence-electron chi connectivity index (χ0n) is 11.0. The van der Waals surface area contributed by atoms with Crippen molar-refractivity contribution in [3.8, 4) is 6.07 Å². The third-order valence-electron chi connectivity index (χ3n) is 3.49.